The summed E-state index contributed by atoms with van der Waals surface area (Å²) in [5.41, 5.74) is 5.34. The van der Waals surface area contributed by atoms with Crippen molar-refractivity contribution < 1.29 is 0 Å². The van der Waals surface area contributed by atoms with Crippen molar-refractivity contribution in [1.82, 2.24) is 14.8 Å². The van der Waals surface area contributed by atoms with E-state index in [1.165, 1.54) is 0 Å². The molecule has 1 heterocycles. The Kier molecular flexibility index (Phi) is 3.76. The standard InChI is InChI=1S/C8H13N5/c9-5-3-1-2-4-6-13-7-11-8(10)12-13/h7H,1-4,6H2,(H2,10,12). The maximum Gasteiger partial charge on any atom is 0.239 e. The zero-order chi connectivity index (χ0) is 9.52. The number of hydrogen-bond donors (Lipinski definition) is 1. The molecule has 2 N–H and O–H groups in total. The number of nitriles is 1. The Morgan fingerprint density at radius 2 is 2.31 bits per heavy atom. The summed E-state index contributed by atoms with van der Waals surface area (Å²) >= 11 is 0. The van der Waals surface area contributed by atoms with Crippen LogP contribution in [0.5, 0.6) is 0 Å². The number of aryl methyl sites for hydroxylation is 1. The average molecular weight is 179 g/mol. The second-order valence-corrected chi connectivity index (χ2v) is 2.83. The van der Waals surface area contributed by atoms with Crippen LogP contribution in [0.25, 0.3) is 0 Å². The van der Waals surface area contributed by atoms with Gasteiger partial charge in [0.15, 0.2) is 0 Å². The summed E-state index contributed by atoms with van der Waals surface area (Å²) in [6.45, 7) is 0.829. The molecule has 5 heteroatoms. The molecule has 0 fully saturated rings. The highest BCUT2D eigenvalue weighted by Gasteiger charge is 1.95. The topological polar surface area (TPSA) is 80.5 Å². The minimum absolute atomic E-state index is 0.317. The first kappa shape index (κ1) is 9.52. The number of anilines is 1. The molecular weight excluding hydrogens is 166 g/mol. The summed E-state index contributed by atoms with van der Waals surface area (Å²) in [5.74, 6) is 0.317. The van der Waals surface area contributed by atoms with Crippen LogP contribution in [0.1, 0.15) is 25.7 Å². The first-order chi connectivity index (χ1) is 6.33. The van der Waals surface area contributed by atoms with Gasteiger partial charge in [-0.3, -0.25) is 4.68 Å². The van der Waals surface area contributed by atoms with Crippen LogP contribution in [0.4, 0.5) is 5.95 Å². The lowest BCUT2D eigenvalue weighted by atomic mass is 10.2. The molecule has 0 aliphatic rings. The molecule has 0 unspecified atom stereocenters. The Labute approximate surface area is 77.2 Å². The first-order valence-electron chi connectivity index (χ1n) is 4.35. The van der Waals surface area contributed by atoms with Crippen molar-refractivity contribution >= 4 is 5.95 Å². The molecule has 13 heavy (non-hydrogen) atoms. The number of aromatic nitrogens is 3. The molecule has 70 valence electrons. The Balaban J connectivity index is 2.10. The van der Waals surface area contributed by atoms with Crippen molar-refractivity contribution in [3.8, 4) is 6.07 Å². The molecule has 0 aliphatic heterocycles. The smallest absolute Gasteiger partial charge is 0.239 e. The zero-order valence-corrected chi connectivity index (χ0v) is 7.48. The lowest BCUT2D eigenvalue weighted by molar-refractivity contribution is 0.547. The fourth-order valence-corrected chi connectivity index (χ4v) is 1.07. The molecule has 0 radical (unpaired) electrons. The third-order valence-corrected chi connectivity index (χ3v) is 1.73. The van der Waals surface area contributed by atoms with Gasteiger partial charge in [0.1, 0.15) is 6.33 Å². The minimum Gasteiger partial charge on any atom is -0.367 e. The predicted octanol–water partition coefficient (Wildman–Crippen LogP) is 0.944. The lowest BCUT2D eigenvalue weighted by Crippen LogP contribution is -1.99. The fourth-order valence-electron chi connectivity index (χ4n) is 1.07. The van der Waals surface area contributed by atoms with Crippen LogP contribution in [0.2, 0.25) is 0 Å². The van der Waals surface area contributed by atoms with E-state index < -0.39 is 0 Å². The van der Waals surface area contributed by atoms with Gasteiger partial charge in [0, 0.05) is 13.0 Å². The van der Waals surface area contributed by atoms with Gasteiger partial charge in [-0.05, 0) is 12.8 Å². The van der Waals surface area contributed by atoms with E-state index in [0.717, 1.165) is 25.8 Å². The average Bonchev–Trinajstić information content (AvgIpc) is 2.51. The third kappa shape index (κ3) is 3.56. The van der Waals surface area contributed by atoms with Crippen LogP contribution in [0.3, 0.4) is 0 Å². The molecule has 0 amide bonds. The lowest BCUT2D eigenvalue weighted by Gasteiger charge is -1.98. The number of hydrogen-bond acceptors (Lipinski definition) is 4. The van der Waals surface area contributed by atoms with Gasteiger partial charge >= 0.3 is 0 Å². The second-order valence-electron chi connectivity index (χ2n) is 2.83. The summed E-state index contributed by atoms with van der Waals surface area (Å²) in [6.07, 6.45) is 5.29. The molecule has 0 bridgehead atoms. The van der Waals surface area contributed by atoms with Crippen molar-refractivity contribution in [2.24, 2.45) is 0 Å². The van der Waals surface area contributed by atoms with Crippen LogP contribution in [0, 0.1) is 11.3 Å². The summed E-state index contributed by atoms with van der Waals surface area (Å²) in [4.78, 5) is 3.81. The number of unbranched alkanes of at least 4 members (excludes halogenated alkanes) is 3. The summed E-state index contributed by atoms with van der Waals surface area (Å²) in [6, 6.07) is 2.12. The number of rotatable bonds is 5. The van der Waals surface area contributed by atoms with Gasteiger partial charge in [-0.2, -0.15) is 5.26 Å². The molecule has 1 rings (SSSR count). The molecule has 5 nitrogen and oxygen atoms in total. The van der Waals surface area contributed by atoms with Crippen molar-refractivity contribution in [3.05, 3.63) is 6.33 Å². The Bertz CT molecular complexity index is 285. The van der Waals surface area contributed by atoms with E-state index in [0.29, 0.717) is 12.4 Å². The SMILES string of the molecule is N#CCCCCCn1cnc(N)n1. The number of nitrogens with two attached hydrogens (primary N) is 1. The van der Waals surface area contributed by atoms with E-state index in [-0.39, 0.29) is 0 Å². The third-order valence-electron chi connectivity index (χ3n) is 1.73. The quantitative estimate of drug-likeness (QED) is 0.682. The number of nitrogen functional groups attached to an aromatic ring is 1. The van der Waals surface area contributed by atoms with E-state index >= 15 is 0 Å². The highest BCUT2D eigenvalue weighted by atomic mass is 15.3. The van der Waals surface area contributed by atoms with Crippen molar-refractivity contribution in [2.45, 2.75) is 32.2 Å². The molecule has 0 aromatic carbocycles. The number of nitrogens with zero attached hydrogens (tertiary/aromatic N) is 4. The van der Waals surface area contributed by atoms with Crippen LogP contribution in [-0.2, 0) is 6.54 Å². The summed E-state index contributed by atoms with van der Waals surface area (Å²) in [5, 5.41) is 12.2. The molecule has 0 spiro atoms. The predicted molar refractivity (Wildman–Crippen MR) is 48.5 cm³/mol. The van der Waals surface area contributed by atoms with Gasteiger partial charge in [-0.25, -0.2) is 4.98 Å². The molecule has 1 aromatic rings. The van der Waals surface area contributed by atoms with Gasteiger partial charge in [-0.15, -0.1) is 5.10 Å². The van der Waals surface area contributed by atoms with Crippen molar-refractivity contribution in [1.29, 1.82) is 5.26 Å². The van der Waals surface area contributed by atoms with E-state index in [4.69, 9.17) is 11.0 Å². The highest BCUT2D eigenvalue weighted by Crippen LogP contribution is 2.01. The van der Waals surface area contributed by atoms with E-state index in [9.17, 15) is 0 Å². The fraction of sp³-hybridized carbons (Fsp3) is 0.625. The van der Waals surface area contributed by atoms with Crippen LogP contribution in [0.15, 0.2) is 6.33 Å². The molecule has 0 saturated heterocycles. The van der Waals surface area contributed by atoms with Crippen molar-refractivity contribution in [2.75, 3.05) is 5.73 Å². The summed E-state index contributed by atoms with van der Waals surface area (Å²) in [7, 11) is 0. The van der Waals surface area contributed by atoms with Gasteiger partial charge < -0.3 is 5.73 Å². The van der Waals surface area contributed by atoms with Crippen LogP contribution < -0.4 is 5.73 Å². The van der Waals surface area contributed by atoms with E-state index in [1.807, 2.05) is 0 Å². The molecule has 0 atom stereocenters. The second kappa shape index (κ2) is 5.14. The normalized spacial score (nSPS) is 9.77. The molecule has 0 saturated carbocycles. The van der Waals surface area contributed by atoms with Crippen LogP contribution >= 0.6 is 0 Å². The molecule has 0 aliphatic carbocycles. The minimum atomic E-state index is 0.317. The van der Waals surface area contributed by atoms with Gasteiger partial charge in [-0.1, -0.05) is 6.42 Å². The monoisotopic (exact) mass is 179 g/mol. The van der Waals surface area contributed by atoms with Crippen molar-refractivity contribution in [3.63, 3.8) is 0 Å². The van der Waals surface area contributed by atoms with Crippen LogP contribution in [-0.4, -0.2) is 14.8 Å². The van der Waals surface area contributed by atoms with Gasteiger partial charge in [0.2, 0.25) is 5.95 Å². The van der Waals surface area contributed by atoms with E-state index in [1.54, 1.807) is 11.0 Å². The van der Waals surface area contributed by atoms with Gasteiger partial charge in [0.05, 0.1) is 6.07 Å². The molecular formula is C8H13N5. The van der Waals surface area contributed by atoms with Gasteiger partial charge in [0.25, 0.3) is 0 Å². The Morgan fingerprint density at radius 1 is 1.46 bits per heavy atom. The highest BCUT2D eigenvalue weighted by molar-refractivity contribution is 5.08. The van der Waals surface area contributed by atoms with E-state index in [2.05, 4.69) is 16.2 Å². The first-order valence-corrected chi connectivity index (χ1v) is 4.35. The maximum absolute atomic E-state index is 8.29. The Hall–Kier alpha value is -1.57. The molecule has 1 aromatic heterocycles. The maximum atomic E-state index is 8.29. The Morgan fingerprint density at radius 3 is 2.92 bits per heavy atom. The summed E-state index contributed by atoms with van der Waals surface area (Å²) < 4.78 is 1.72. The largest absolute Gasteiger partial charge is 0.367 e. The zero-order valence-electron chi connectivity index (χ0n) is 7.48.